The standard InChI is InChI=1S/C22H28N4O3/c27-21(16-29-18-6-2-1-3-7-18)26-13-5-4-8-20(26)17-10-14-25(15-11-17)22(28)19-9-12-23-24-19/h1-3,6-7,9,12,17,20H,4-5,8,10-11,13-16H2,(H,23,24)/t20-/m0/s1. The third kappa shape index (κ3) is 4.60. The van der Waals surface area contributed by atoms with Crippen molar-refractivity contribution in [2.24, 2.45) is 5.92 Å². The Morgan fingerprint density at radius 3 is 2.55 bits per heavy atom. The number of carbonyl (C=O) groups is 2. The van der Waals surface area contributed by atoms with Gasteiger partial charge in [0.05, 0.1) is 0 Å². The Morgan fingerprint density at radius 2 is 1.83 bits per heavy atom. The van der Waals surface area contributed by atoms with Gasteiger partial charge in [0.15, 0.2) is 6.61 Å². The number of carbonyl (C=O) groups excluding carboxylic acids is 2. The maximum absolute atomic E-state index is 12.9. The molecule has 2 saturated heterocycles. The van der Waals surface area contributed by atoms with Crippen LogP contribution in [-0.2, 0) is 4.79 Å². The molecule has 1 aromatic heterocycles. The molecule has 0 saturated carbocycles. The molecule has 1 atom stereocenters. The van der Waals surface area contributed by atoms with E-state index in [0.29, 0.717) is 11.6 Å². The molecule has 2 fully saturated rings. The van der Waals surface area contributed by atoms with E-state index >= 15 is 0 Å². The molecular weight excluding hydrogens is 368 g/mol. The van der Waals surface area contributed by atoms with Crippen molar-refractivity contribution >= 4 is 11.8 Å². The summed E-state index contributed by atoms with van der Waals surface area (Å²) in [5.41, 5.74) is 0.538. The predicted octanol–water partition coefficient (Wildman–Crippen LogP) is 2.72. The molecule has 0 aliphatic carbocycles. The fourth-order valence-corrected chi connectivity index (χ4v) is 4.53. The normalized spacial score (nSPS) is 20.5. The van der Waals surface area contributed by atoms with Crippen LogP contribution >= 0.6 is 0 Å². The molecule has 2 aromatic rings. The third-order valence-electron chi connectivity index (χ3n) is 6.08. The zero-order valence-electron chi connectivity index (χ0n) is 16.6. The molecule has 2 amide bonds. The van der Waals surface area contributed by atoms with Crippen LogP contribution in [-0.4, -0.2) is 64.1 Å². The second-order valence-electron chi connectivity index (χ2n) is 7.85. The average Bonchev–Trinajstić information content (AvgIpc) is 3.33. The summed E-state index contributed by atoms with van der Waals surface area (Å²) >= 11 is 0. The third-order valence-corrected chi connectivity index (χ3v) is 6.08. The topological polar surface area (TPSA) is 78.5 Å². The molecule has 3 heterocycles. The molecule has 4 rings (SSSR count). The molecule has 7 nitrogen and oxygen atoms in total. The number of hydrogen-bond acceptors (Lipinski definition) is 4. The summed E-state index contributed by atoms with van der Waals surface area (Å²) in [6.07, 6.45) is 6.69. The molecular formula is C22H28N4O3. The molecule has 0 bridgehead atoms. The Morgan fingerprint density at radius 1 is 1.03 bits per heavy atom. The fourth-order valence-electron chi connectivity index (χ4n) is 4.53. The van der Waals surface area contributed by atoms with Crippen molar-refractivity contribution in [2.75, 3.05) is 26.2 Å². The van der Waals surface area contributed by atoms with Crippen LogP contribution in [0.2, 0.25) is 0 Å². The van der Waals surface area contributed by atoms with Crippen LogP contribution in [0.3, 0.4) is 0 Å². The van der Waals surface area contributed by atoms with Gasteiger partial charge in [-0.05, 0) is 56.2 Å². The van der Waals surface area contributed by atoms with Crippen molar-refractivity contribution in [1.82, 2.24) is 20.0 Å². The Bertz CT molecular complexity index is 801. The molecule has 154 valence electrons. The van der Waals surface area contributed by atoms with Crippen LogP contribution in [0.25, 0.3) is 0 Å². The molecule has 0 radical (unpaired) electrons. The Balaban J connectivity index is 1.33. The summed E-state index contributed by atoms with van der Waals surface area (Å²) in [4.78, 5) is 29.3. The van der Waals surface area contributed by atoms with Crippen LogP contribution in [0.15, 0.2) is 42.6 Å². The Labute approximate surface area is 171 Å². The number of rotatable bonds is 5. The summed E-state index contributed by atoms with van der Waals surface area (Å²) in [6.45, 7) is 2.33. The highest BCUT2D eigenvalue weighted by Crippen LogP contribution is 2.31. The second-order valence-corrected chi connectivity index (χ2v) is 7.85. The van der Waals surface area contributed by atoms with Gasteiger partial charge in [-0.15, -0.1) is 0 Å². The first-order valence-corrected chi connectivity index (χ1v) is 10.5. The monoisotopic (exact) mass is 396 g/mol. The number of aromatic amines is 1. The quantitative estimate of drug-likeness (QED) is 0.843. The van der Waals surface area contributed by atoms with Crippen molar-refractivity contribution in [1.29, 1.82) is 0 Å². The minimum atomic E-state index is 0.00814. The molecule has 1 N–H and O–H groups in total. The summed E-state index contributed by atoms with van der Waals surface area (Å²) in [7, 11) is 0. The van der Waals surface area contributed by atoms with Crippen LogP contribution in [0, 0.1) is 5.92 Å². The lowest BCUT2D eigenvalue weighted by molar-refractivity contribution is -0.139. The minimum Gasteiger partial charge on any atom is -0.484 e. The predicted molar refractivity (Wildman–Crippen MR) is 109 cm³/mol. The SMILES string of the molecule is O=C(c1ccn[nH]1)N1CCC([C@@H]2CCCCN2C(=O)COc2ccccc2)CC1. The highest BCUT2D eigenvalue weighted by molar-refractivity contribution is 5.92. The van der Waals surface area contributed by atoms with Gasteiger partial charge in [-0.25, -0.2) is 0 Å². The first kappa shape index (κ1) is 19.5. The molecule has 1 aromatic carbocycles. The maximum Gasteiger partial charge on any atom is 0.271 e. The molecule has 0 spiro atoms. The Hall–Kier alpha value is -2.83. The lowest BCUT2D eigenvalue weighted by Crippen LogP contribution is -2.52. The van der Waals surface area contributed by atoms with Gasteiger partial charge in [-0.3, -0.25) is 14.7 Å². The van der Waals surface area contributed by atoms with Crippen molar-refractivity contribution < 1.29 is 14.3 Å². The molecule has 2 aliphatic rings. The zero-order chi connectivity index (χ0) is 20.1. The highest BCUT2D eigenvalue weighted by Gasteiger charge is 2.35. The first-order valence-electron chi connectivity index (χ1n) is 10.5. The van der Waals surface area contributed by atoms with Gasteiger partial charge in [-0.1, -0.05) is 18.2 Å². The maximum atomic E-state index is 12.9. The fraction of sp³-hybridized carbons (Fsp3) is 0.500. The van der Waals surface area contributed by atoms with Gasteiger partial charge in [0.2, 0.25) is 0 Å². The molecule has 29 heavy (non-hydrogen) atoms. The summed E-state index contributed by atoms with van der Waals surface area (Å²) < 4.78 is 5.69. The number of ether oxygens (including phenoxy) is 1. The van der Waals surface area contributed by atoms with Crippen molar-refractivity contribution in [3.8, 4) is 5.75 Å². The van der Waals surface area contributed by atoms with Gasteiger partial charge in [-0.2, -0.15) is 5.10 Å². The number of likely N-dealkylation sites (tertiary alicyclic amines) is 2. The summed E-state index contributed by atoms with van der Waals surface area (Å²) in [5.74, 6) is 1.23. The van der Waals surface area contributed by atoms with Gasteiger partial charge in [0, 0.05) is 31.9 Å². The van der Waals surface area contributed by atoms with E-state index in [1.165, 1.54) is 0 Å². The molecule has 0 unspecified atom stereocenters. The summed E-state index contributed by atoms with van der Waals surface area (Å²) in [5, 5.41) is 6.62. The number of hydrogen-bond donors (Lipinski definition) is 1. The van der Waals surface area contributed by atoms with Crippen LogP contribution in [0.1, 0.15) is 42.6 Å². The number of nitrogens with one attached hydrogen (secondary N) is 1. The van der Waals surface area contributed by atoms with E-state index in [1.807, 2.05) is 40.1 Å². The van der Waals surface area contributed by atoms with E-state index in [1.54, 1.807) is 12.3 Å². The van der Waals surface area contributed by atoms with Crippen LogP contribution < -0.4 is 4.74 Å². The number of benzene rings is 1. The van der Waals surface area contributed by atoms with E-state index in [9.17, 15) is 9.59 Å². The number of amides is 2. The first-order chi connectivity index (χ1) is 14.2. The smallest absolute Gasteiger partial charge is 0.271 e. The van der Waals surface area contributed by atoms with Crippen LogP contribution in [0.5, 0.6) is 5.75 Å². The highest BCUT2D eigenvalue weighted by atomic mass is 16.5. The van der Waals surface area contributed by atoms with Gasteiger partial charge < -0.3 is 14.5 Å². The number of H-pyrrole nitrogens is 1. The van der Waals surface area contributed by atoms with Gasteiger partial charge in [0.1, 0.15) is 11.4 Å². The average molecular weight is 396 g/mol. The van der Waals surface area contributed by atoms with Crippen molar-refractivity contribution in [2.45, 2.75) is 38.1 Å². The van der Waals surface area contributed by atoms with E-state index in [4.69, 9.17) is 4.74 Å². The lowest BCUT2D eigenvalue weighted by atomic mass is 9.83. The minimum absolute atomic E-state index is 0.00814. The molecule has 2 aliphatic heterocycles. The number of para-hydroxylation sites is 1. The van der Waals surface area contributed by atoms with Crippen molar-refractivity contribution in [3.05, 3.63) is 48.3 Å². The second kappa shape index (κ2) is 9.11. The van der Waals surface area contributed by atoms with E-state index in [2.05, 4.69) is 10.2 Å². The molecule has 7 heteroatoms. The number of piperidine rings is 2. The van der Waals surface area contributed by atoms with E-state index < -0.39 is 0 Å². The lowest BCUT2D eigenvalue weighted by Gasteiger charge is -2.43. The van der Waals surface area contributed by atoms with E-state index in [0.717, 1.165) is 57.5 Å². The zero-order valence-corrected chi connectivity index (χ0v) is 16.6. The summed E-state index contributed by atoms with van der Waals surface area (Å²) in [6, 6.07) is 11.4. The van der Waals surface area contributed by atoms with E-state index in [-0.39, 0.29) is 24.5 Å². The number of nitrogens with zero attached hydrogens (tertiary/aromatic N) is 3. The van der Waals surface area contributed by atoms with Crippen molar-refractivity contribution in [3.63, 3.8) is 0 Å². The van der Waals surface area contributed by atoms with Gasteiger partial charge in [0.25, 0.3) is 11.8 Å². The van der Waals surface area contributed by atoms with Gasteiger partial charge >= 0.3 is 0 Å². The largest absolute Gasteiger partial charge is 0.484 e. The van der Waals surface area contributed by atoms with Crippen LogP contribution in [0.4, 0.5) is 0 Å². The number of aromatic nitrogens is 2. The Kier molecular flexibility index (Phi) is 6.12.